The molecule has 0 unspecified atom stereocenters. The summed E-state index contributed by atoms with van der Waals surface area (Å²) >= 11 is 0. The molecule has 0 saturated carbocycles. The van der Waals surface area contributed by atoms with E-state index < -0.39 is 17.3 Å². The predicted molar refractivity (Wildman–Crippen MR) is 63.4 cm³/mol. The van der Waals surface area contributed by atoms with E-state index in [0.717, 1.165) is 18.2 Å². The van der Waals surface area contributed by atoms with Crippen LogP contribution in [0.1, 0.15) is 31.3 Å². The zero-order valence-electron chi connectivity index (χ0n) is 9.42. The summed E-state index contributed by atoms with van der Waals surface area (Å²) in [6.45, 7) is 9.85. The molecule has 0 saturated heterocycles. The molecule has 1 aromatic rings. The van der Waals surface area contributed by atoms with Crippen molar-refractivity contribution in [3.05, 3.63) is 54.9 Å². The Balaban J connectivity index is 3.64. The topological polar surface area (TPSA) is 89.9 Å². The molecular weight excluding hydrogens is 234 g/mol. The molecule has 1 rings (SSSR count). The minimum atomic E-state index is -0.646. The van der Waals surface area contributed by atoms with E-state index in [0.29, 0.717) is 0 Å². The Labute approximate surface area is 103 Å². The van der Waals surface area contributed by atoms with Gasteiger partial charge in [0.2, 0.25) is 11.6 Å². The molecule has 0 amide bonds. The molecule has 0 atom stereocenters. The normalized spacial score (nSPS) is 9.33. The van der Waals surface area contributed by atoms with Gasteiger partial charge in [-0.25, -0.2) is 0 Å². The van der Waals surface area contributed by atoms with Crippen molar-refractivity contribution in [3.63, 3.8) is 0 Å². The molecule has 0 aromatic carbocycles. The van der Waals surface area contributed by atoms with Crippen molar-refractivity contribution < 1.29 is 14.4 Å². The second-order valence-corrected chi connectivity index (χ2v) is 3.07. The van der Waals surface area contributed by atoms with Crippen molar-refractivity contribution in [3.8, 4) is 0 Å². The third-order valence-corrected chi connectivity index (χ3v) is 2.03. The average molecular weight is 243 g/mol. The first-order valence-corrected chi connectivity index (χ1v) is 4.80. The second kappa shape index (κ2) is 5.53. The molecule has 0 radical (unpaired) electrons. The number of ketones is 3. The van der Waals surface area contributed by atoms with Gasteiger partial charge in [0.05, 0.1) is 5.56 Å². The molecule has 6 nitrogen and oxygen atoms in total. The minimum absolute atomic E-state index is 0.241. The third-order valence-electron chi connectivity index (χ3n) is 2.03. The lowest BCUT2D eigenvalue weighted by Crippen LogP contribution is -2.18. The summed E-state index contributed by atoms with van der Waals surface area (Å²) in [5, 5.41) is 10.2. The third kappa shape index (κ3) is 2.32. The fourth-order valence-electron chi connectivity index (χ4n) is 1.20. The van der Waals surface area contributed by atoms with Crippen LogP contribution in [-0.4, -0.2) is 32.8 Å². The van der Waals surface area contributed by atoms with Gasteiger partial charge in [-0.05, 0) is 23.4 Å². The Bertz CT molecular complexity index is 538. The van der Waals surface area contributed by atoms with Crippen LogP contribution in [0.25, 0.3) is 0 Å². The highest BCUT2D eigenvalue weighted by Gasteiger charge is 2.24. The van der Waals surface area contributed by atoms with Crippen molar-refractivity contribution in [2.24, 2.45) is 0 Å². The number of hydrogen-bond donors (Lipinski definition) is 0. The molecule has 0 fully saturated rings. The maximum absolute atomic E-state index is 11.7. The Morgan fingerprint density at radius 3 is 1.50 bits per heavy atom. The van der Waals surface area contributed by atoms with Crippen molar-refractivity contribution in [1.82, 2.24) is 15.4 Å². The fourth-order valence-corrected chi connectivity index (χ4v) is 1.20. The summed E-state index contributed by atoms with van der Waals surface area (Å²) in [5.74, 6) is -1.91. The smallest absolute Gasteiger partial charge is 0.206 e. The van der Waals surface area contributed by atoms with Crippen LogP contribution in [0, 0.1) is 0 Å². The van der Waals surface area contributed by atoms with E-state index in [1.807, 2.05) is 0 Å². The molecule has 0 spiro atoms. The predicted octanol–water partition coefficient (Wildman–Crippen LogP) is 0.978. The summed E-state index contributed by atoms with van der Waals surface area (Å²) in [7, 11) is 0. The van der Waals surface area contributed by atoms with Crippen LogP contribution in [-0.2, 0) is 0 Å². The van der Waals surface area contributed by atoms with Crippen LogP contribution < -0.4 is 0 Å². The number of hydrogen-bond acceptors (Lipinski definition) is 6. The van der Waals surface area contributed by atoms with Gasteiger partial charge in [-0.2, -0.15) is 0 Å². The van der Waals surface area contributed by atoms with Crippen molar-refractivity contribution >= 4 is 17.3 Å². The maximum atomic E-state index is 11.7. The van der Waals surface area contributed by atoms with Crippen LogP contribution in [0.2, 0.25) is 0 Å². The lowest BCUT2D eigenvalue weighted by Gasteiger charge is -2.04. The molecule has 0 aliphatic heterocycles. The lowest BCUT2D eigenvalue weighted by atomic mass is 10.0. The molecular formula is C12H9N3O3. The first-order chi connectivity index (χ1) is 8.56. The molecule has 0 bridgehead atoms. The minimum Gasteiger partial charge on any atom is -0.289 e. The Morgan fingerprint density at radius 2 is 1.17 bits per heavy atom. The van der Waals surface area contributed by atoms with Crippen LogP contribution in [0.15, 0.2) is 38.0 Å². The highest BCUT2D eigenvalue weighted by molar-refractivity contribution is 6.20. The fraction of sp³-hybridized carbons (Fsp3) is 0. The summed E-state index contributed by atoms with van der Waals surface area (Å²) in [6.07, 6.45) is 2.89. The van der Waals surface area contributed by atoms with Crippen LogP contribution >= 0.6 is 0 Å². The largest absolute Gasteiger partial charge is 0.289 e. The van der Waals surface area contributed by atoms with Crippen molar-refractivity contribution in [2.45, 2.75) is 0 Å². The monoisotopic (exact) mass is 243 g/mol. The van der Waals surface area contributed by atoms with Crippen molar-refractivity contribution in [1.29, 1.82) is 0 Å². The van der Waals surface area contributed by atoms with Gasteiger partial charge < -0.3 is 0 Å². The average Bonchev–Trinajstić information content (AvgIpc) is 2.43. The van der Waals surface area contributed by atoms with E-state index in [1.54, 1.807) is 0 Å². The summed E-state index contributed by atoms with van der Waals surface area (Å²) in [5.41, 5.74) is -0.806. The Kier molecular flexibility index (Phi) is 4.09. The van der Waals surface area contributed by atoms with Gasteiger partial charge in [0.15, 0.2) is 5.78 Å². The number of nitrogens with zero attached hydrogens (tertiary/aromatic N) is 3. The van der Waals surface area contributed by atoms with Gasteiger partial charge in [0.1, 0.15) is 11.4 Å². The zero-order valence-corrected chi connectivity index (χ0v) is 9.42. The molecule has 0 N–H and O–H groups in total. The maximum Gasteiger partial charge on any atom is 0.206 e. The van der Waals surface area contributed by atoms with Crippen LogP contribution in [0.5, 0.6) is 0 Å². The highest BCUT2D eigenvalue weighted by atomic mass is 16.1. The zero-order chi connectivity index (χ0) is 13.7. The van der Waals surface area contributed by atoms with E-state index in [1.165, 1.54) is 0 Å². The van der Waals surface area contributed by atoms with Gasteiger partial charge in [-0.1, -0.05) is 19.7 Å². The van der Waals surface area contributed by atoms with E-state index in [4.69, 9.17) is 0 Å². The van der Waals surface area contributed by atoms with Gasteiger partial charge in [-0.3, -0.25) is 14.4 Å². The second-order valence-electron chi connectivity index (χ2n) is 3.07. The van der Waals surface area contributed by atoms with Crippen LogP contribution in [0.3, 0.4) is 0 Å². The molecule has 18 heavy (non-hydrogen) atoms. The van der Waals surface area contributed by atoms with Gasteiger partial charge >= 0.3 is 0 Å². The summed E-state index contributed by atoms with van der Waals surface area (Å²) in [6, 6.07) is 0. The first-order valence-electron chi connectivity index (χ1n) is 4.80. The van der Waals surface area contributed by atoms with Gasteiger partial charge in [0, 0.05) is 0 Å². The summed E-state index contributed by atoms with van der Waals surface area (Å²) in [4.78, 5) is 34.8. The summed E-state index contributed by atoms with van der Waals surface area (Å²) < 4.78 is 0. The van der Waals surface area contributed by atoms with Gasteiger partial charge in [-0.15, -0.1) is 10.2 Å². The number of carbonyl (C=O) groups is 3. The Morgan fingerprint density at radius 1 is 0.778 bits per heavy atom. The number of aromatic nitrogens is 3. The number of rotatable bonds is 6. The van der Waals surface area contributed by atoms with Crippen LogP contribution in [0.4, 0.5) is 0 Å². The van der Waals surface area contributed by atoms with E-state index >= 15 is 0 Å². The SMILES string of the molecule is C=CC(=O)c1nnnc(C(=O)C=C)c1C(=O)C=C. The molecule has 0 aliphatic carbocycles. The first kappa shape index (κ1) is 13.3. The van der Waals surface area contributed by atoms with E-state index in [-0.39, 0.29) is 17.0 Å². The molecule has 1 aromatic heterocycles. The number of allylic oxidation sites excluding steroid dienone is 3. The Hall–Kier alpha value is -2.76. The quantitative estimate of drug-likeness (QED) is 0.546. The molecule has 6 heteroatoms. The van der Waals surface area contributed by atoms with E-state index in [2.05, 4.69) is 35.1 Å². The van der Waals surface area contributed by atoms with Crippen molar-refractivity contribution in [2.75, 3.05) is 0 Å². The molecule has 1 heterocycles. The highest BCUT2D eigenvalue weighted by Crippen LogP contribution is 2.13. The lowest BCUT2D eigenvalue weighted by molar-refractivity contribution is 0.0991. The molecule has 0 aliphatic rings. The standard InChI is InChI=1S/C12H9N3O3/c1-4-7(16)10-11(8(17)5-2)13-15-14-12(10)9(18)6-3/h4-6H,1-3H2. The molecule has 90 valence electrons. The van der Waals surface area contributed by atoms with E-state index in [9.17, 15) is 14.4 Å². The van der Waals surface area contributed by atoms with Gasteiger partial charge in [0.25, 0.3) is 0 Å². The number of carbonyl (C=O) groups excluding carboxylic acids is 3.